The molecule has 3 N–H and O–H groups in total. The van der Waals surface area contributed by atoms with Crippen molar-refractivity contribution in [1.82, 2.24) is 20.4 Å². The fraction of sp³-hybridized carbons (Fsp3) is 0.500. The number of guanidine groups is 2. The first-order valence-corrected chi connectivity index (χ1v) is 20.9. The van der Waals surface area contributed by atoms with Crippen LogP contribution in [-0.2, 0) is 18.9 Å². The van der Waals surface area contributed by atoms with Crippen molar-refractivity contribution in [2.45, 2.75) is 125 Å². The first kappa shape index (κ1) is 50.3. The molecule has 0 aliphatic carbocycles. The molecule has 0 bridgehead atoms. The summed E-state index contributed by atoms with van der Waals surface area (Å²) in [5.41, 5.74) is -0.669. The number of alkyl carbamates (subject to hydrolysis) is 2. The van der Waals surface area contributed by atoms with E-state index in [1.807, 2.05) is 0 Å². The van der Waals surface area contributed by atoms with Crippen LogP contribution >= 0.6 is 0 Å². The number of hydrogen-bond acceptors (Lipinski definition) is 9. The average molecular weight is 894 g/mol. The number of anilines is 1. The van der Waals surface area contributed by atoms with E-state index in [2.05, 4.69) is 25.9 Å². The number of amides is 5. The second-order valence-corrected chi connectivity index (χ2v) is 19.2. The number of benzene rings is 2. The number of nitrogens with one attached hydrogen (secondary N) is 3. The molecule has 2 aromatic carbocycles. The molecule has 0 saturated carbocycles. The Labute approximate surface area is 373 Å². The van der Waals surface area contributed by atoms with Gasteiger partial charge in [-0.1, -0.05) is 18.2 Å². The molecule has 0 unspecified atom stereocenters. The minimum absolute atomic E-state index is 0.00804. The number of carbonyl (C=O) groups excluding carboxylic acids is 5. The van der Waals surface area contributed by atoms with Crippen LogP contribution in [0.5, 0.6) is 0 Å². The highest BCUT2D eigenvalue weighted by atomic mass is 19.1. The number of aryl methyl sites for hydroxylation is 1. The SMILES string of the molecule is Cc1cc(NC(=O)c2ccc(C3=CCN(/C(=N\C(=O)OC(C)(C)C)NC(=O)OC(C)(C)C)CC3)c(F)c2)cc(F)c1C1=CCN(/C(=N/C(=O)OC(C)(C)C)NC(=O)OC(C)(C)C)CC1. The van der Waals surface area contributed by atoms with Crippen molar-refractivity contribution in [2.24, 2.45) is 9.98 Å². The van der Waals surface area contributed by atoms with Crippen LogP contribution < -0.4 is 16.0 Å². The van der Waals surface area contributed by atoms with Crippen LogP contribution in [0.25, 0.3) is 11.1 Å². The Morgan fingerprint density at radius 2 is 1.06 bits per heavy atom. The van der Waals surface area contributed by atoms with E-state index in [4.69, 9.17) is 18.9 Å². The molecule has 2 aliphatic heterocycles. The van der Waals surface area contributed by atoms with Crippen molar-refractivity contribution < 1.29 is 51.7 Å². The van der Waals surface area contributed by atoms with Gasteiger partial charge in [-0.25, -0.2) is 28.0 Å². The molecule has 2 heterocycles. The molecule has 2 aliphatic rings. The van der Waals surface area contributed by atoms with Gasteiger partial charge in [-0.05, 0) is 144 Å². The van der Waals surface area contributed by atoms with Crippen LogP contribution in [0.4, 0.5) is 33.6 Å². The summed E-state index contributed by atoms with van der Waals surface area (Å²) in [4.78, 5) is 75.0. The first-order chi connectivity index (χ1) is 29.4. The Hall–Kier alpha value is -6.33. The molecule has 0 saturated heterocycles. The summed E-state index contributed by atoms with van der Waals surface area (Å²) in [6.07, 6.45) is 0.659. The van der Waals surface area contributed by atoms with Crippen molar-refractivity contribution in [3.05, 3.63) is 76.4 Å². The summed E-state index contributed by atoms with van der Waals surface area (Å²) >= 11 is 0. The summed E-state index contributed by atoms with van der Waals surface area (Å²) in [5.74, 6) is -2.06. The number of aliphatic imine (C=N–C) groups is 2. The molecule has 2 aromatic rings. The monoisotopic (exact) mass is 893 g/mol. The standard InChI is InChI=1S/C46H61F2N7O9/c1-27-24-31(26-34(48)35(27)29-18-22-55(23-19-29)38(52-41(59)63-45(8,9)10)53-42(60)64-46(11,12)13)49-36(56)30-14-15-32(33(47)25-30)28-16-20-54(21-17-28)37(50-39(57)61-43(2,3)4)51-40(58)62-44(5,6)7/h14-16,18,24-26H,17,19-23H2,1-13H3,(H,49,56)(H,50,51,57,58)(H,52,53,59,60). The maximum absolute atomic E-state index is 15.8. The zero-order valence-electron chi connectivity index (χ0n) is 39.0. The van der Waals surface area contributed by atoms with E-state index in [0.29, 0.717) is 35.1 Å². The molecule has 4 rings (SSSR count). The van der Waals surface area contributed by atoms with E-state index < -0.39 is 64.3 Å². The summed E-state index contributed by atoms with van der Waals surface area (Å²) in [6, 6.07) is 6.86. The van der Waals surface area contributed by atoms with Gasteiger partial charge in [-0.3, -0.25) is 15.4 Å². The second kappa shape index (κ2) is 20.0. The van der Waals surface area contributed by atoms with Gasteiger partial charge in [0.25, 0.3) is 5.91 Å². The minimum atomic E-state index is -0.911. The van der Waals surface area contributed by atoms with Gasteiger partial charge in [0.15, 0.2) is 0 Å². The Morgan fingerprint density at radius 3 is 1.45 bits per heavy atom. The highest BCUT2D eigenvalue weighted by Gasteiger charge is 2.28. The maximum atomic E-state index is 15.8. The summed E-state index contributed by atoms with van der Waals surface area (Å²) in [7, 11) is 0. The van der Waals surface area contributed by atoms with E-state index in [1.165, 1.54) is 18.2 Å². The quantitative estimate of drug-likeness (QED) is 0.151. The van der Waals surface area contributed by atoms with Crippen molar-refractivity contribution in [3.63, 3.8) is 0 Å². The van der Waals surface area contributed by atoms with E-state index in [9.17, 15) is 24.0 Å². The Kier molecular flexibility index (Phi) is 15.7. The smallest absolute Gasteiger partial charge is 0.437 e. The van der Waals surface area contributed by atoms with Crippen LogP contribution in [0.1, 0.15) is 123 Å². The van der Waals surface area contributed by atoms with Crippen molar-refractivity contribution in [3.8, 4) is 0 Å². The third kappa shape index (κ3) is 15.8. The summed E-state index contributed by atoms with van der Waals surface area (Å²) in [5, 5.41) is 7.72. The lowest BCUT2D eigenvalue weighted by molar-refractivity contribution is 0.0536. The van der Waals surface area contributed by atoms with Gasteiger partial charge in [-0.15, -0.1) is 9.98 Å². The van der Waals surface area contributed by atoms with Gasteiger partial charge in [0.05, 0.1) is 0 Å². The molecule has 0 fully saturated rings. The van der Waals surface area contributed by atoms with Gasteiger partial charge in [-0.2, -0.15) is 0 Å². The molecule has 0 spiro atoms. The lowest BCUT2D eigenvalue weighted by Gasteiger charge is -2.30. The number of carbonyl (C=O) groups is 5. The number of hydrogen-bond donors (Lipinski definition) is 3. The maximum Gasteiger partial charge on any atom is 0.437 e. The molecular weight excluding hydrogens is 833 g/mol. The fourth-order valence-corrected chi connectivity index (χ4v) is 6.43. The highest BCUT2D eigenvalue weighted by molar-refractivity contribution is 6.05. The second-order valence-electron chi connectivity index (χ2n) is 19.2. The van der Waals surface area contributed by atoms with Crippen LogP contribution in [0, 0.1) is 18.6 Å². The van der Waals surface area contributed by atoms with Crippen LogP contribution in [-0.4, -0.2) is 101 Å². The number of ether oxygens (including phenoxy) is 4. The molecule has 348 valence electrons. The van der Waals surface area contributed by atoms with Crippen molar-refractivity contribution >= 4 is 59.0 Å². The predicted molar refractivity (Wildman–Crippen MR) is 240 cm³/mol. The van der Waals surface area contributed by atoms with Gasteiger partial charge >= 0.3 is 24.4 Å². The first-order valence-electron chi connectivity index (χ1n) is 20.9. The van der Waals surface area contributed by atoms with E-state index in [0.717, 1.165) is 6.07 Å². The third-order valence-corrected chi connectivity index (χ3v) is 8.87. The Balaban J connectivity index is 1.46. The molecule has 0 aromatic heterocycles. The van der Waals surface area contributed by atoms with Crippen molar-refractivity contribution in [2.75, 3.05) is 31.5 Å². The average Bonchev–Trinajstić information content (AvgIpc) is 3.11. The lowest BCUT2D eigenvalue weighted by atomic mass is 9.94. The number of rotatable bonds is 4. The topological polar surface area (TPSA) is 190 Å². The van der Waals surface area contributed by atoms with Crippen LogP contribution in [0.3, 0.4) is 0 Å². The van der Waals surface area contributed by atoms with Crippen LogP contribution in [0.15, 0.2) is 52.5 Å². The van der Waals surface area contributed by atoms with Crippen molar-refractivity contribution in [1.29, 1.82) is 0 Å². The summed E-state index contributed by atoms with van der Waals surface area (Å²) < 4.78 is 52.8. The Morgan fingerprint density at radius 1 is 0.609 bits per heavy atom. The molecular formula is C46H61F2N7O9. The zero-order chi connectivity index (χ0) is 47.9. The van der Waals surface area contributed by atoms with Gasteiger partial charge < -0.3 is 34.1 Å². The largest absolute Gasteiger partial charge is 0.444 e. The van der Waals surface area contributed by atoms with Crippen LogP contribution in [0.2, 0.25) is 0 Å². The fourth-order valence-electron chi connectivity index (χ4n) is 6.43. The Bertz CT molecular complexity index is 2240. The normalized spacial score (nSPS) is 15.4. The minimum Gasteiger partial charge on any atom is -0.444 e. The molecule has 64 heavy (non-hydrogen) atoms. The molecule has 18 heteroatoms. The number of nitrogens with zero attached hydrogens (tertiary/aromatic N) is 4. The molecule has 0 radical (unpaired) electrons. The van der Waals surface area contributed by atoms with E-state index in [1.54, 1.807) is 118 Å². The number of halogens is 2. The molecule has 5 amide bonds. The zero-order valence-corrected chi connectivity index (χ0v) is 39.0. The van der Waals surface area contributed by atoms with Gasteiger partial charge in [0.2, 0.25) is 11.9 Å². The predicted octanol–water partition coefficient (Wildman–Crippen LogP) is 9.34. The highest BCUT2D eigenvalue weighted by Crippen LogP contribution is 2.31. The molecule has 16 nitrogen and oxygen atoms in total. The van der Waals surface area contributed by atoms with E-state index in [-0.39, 0.29) is 54.9 Å². The van der Waals surface area contributed by atoms with Gasteiger partial charge in [0, 0.05) is 48.6 Å². The lowest BCUT2D eigenvalue weighted by Crippen LogP contribution is -2.48. The third-order valence-electron chi connectivity index (χ3n) is 8.87. The van der Waals surface area contributed by atoms with Gasteiger partial charge in [0.1, 0.15) is 34.0 Å². The molecule has 0 atom stereocenters. The van der Waals surface area contributed by atoms with E-state index >= 15 is 8.78 Å². The summed E-state index contributed by atoms with van der Waals surface area (Å²) in [6.45, 7) is 22.8.